The Labute approximate surface area is 138 Å². The molecule has 1 aliphatic rings. The first-order valence-electron chi connectivity index (χ1n) is 7.57. The van der Waals surface area contributed by atoms with Gasteiger partial charge in [-0.25, -0.2) is 0 Å². The molecule has 0 saturated carbocycles. The highest BCUT2D eigenvalue weighted by atomic mass is 16.5. The molecule has 8 heteroatoms. The molecule has 1 amide bonds. The van der Waals surface area contributed by atoms with Crippen molar-refractivity contribution in [3.05, 3.63) is 36.0 Å². The summed E-state index contributed by atoms with van der Waals surface area (Å²) in [5, 5.41) is 7.85. The van der Waals surface area contributed by atoms with Crippen molar-refractivity contribution in [1.29, 1.82) is 0 Å². The Morgan fingerprint density at radius 2 is 2.04 bits per heavy atom. The number of esters is 1. The van der Waals surface area contributed by atoms with E-state index in [0.717, 1.165) is 0 Å². The van der Waals surface area contributed by atoms with Crippen LogP contribution >= 0.6 is 0 Å². The number of nitrogens with zero attached hydrogens (tertiary/aromatic N) is 3. The van der Waals surface area contributed by atoms with Gasteiger partial charge in [0.25, 0.3) is 5.91 Å². The molecule has 0 aliphatic carbocycles. The minimum Gasteiger partial charge on any atom is -0.478 e. The van der Waals surface area contributed by atoms with Crippen molar-refractivity contribution >= 4 is 17.6 Å². The highest BCUT2D eigenvalue weighted by molar-refractivity contribution is 6.01. The molecule has 8 nitrogen and oxygen atoms in total. The Kier molecular flexibility index (Phi) is 4.45. The number of benzene rings is 1. The summed E-state index contributed by atoms with van der Waals surface area (Å²) >= 11 is 0. The van der Waals surface area contributed by atoms with Crippen LogP contribution in [0.15, 0.2) is 28.7 Å². The monoisotopic (exact) mass is 331 g/mol. The van der Waals surface area contributed by atoms with Crippen LogP contribution in [-0.4, -0.2) is 35.3 Å². The Balaban J connectivity index is 1.89. The van der Waals surface area contributed by atoms with Crippen LogP contribution in [0.1, 0.15) is 25.1 Å². The van der Waals surface area contributed by atoms with Crippen molar-refractivity contribution in [2.24, 2.45) is 0 Å². The second-order valence-corrected chi connectivity index (χ2v) is 5.22. The molecule has 0 fully saturated rings. The lowest BCUT2D eigenvalue weighted by atomic mass is 10.1. The molecule has 1 aromatic carbocycles. The number of aromatic nitrogens is 2. The Morgan fingerprint density at radius 1 is 1.29 bits per heavy atom. The molecular weight excluding hydrogens is 314 g/mol. The van der Waals surface area contributed by atoms with E-state index in [4.69, 9.17) is 9.15 Å². The molecular formula is C16H17N3O5. The summed E-state index contributed by atoms with van der Waals surface area (Å²) in [4.78, 5) is 25.7. The van der Waals surface area contributed by atoms with Gasteiger partial charge in [0, 0.05) is 6.42 Å². The molecule has 126 valence electrons. The number of carbonyl (C=O) groups is 2. The number of para-hydroxylation sites is 2. The molecule has 0 radical (unpaired) electrons. The summed E-state index contributed by atoms with van der Waals surface area (Å²) in [6, 6.07) is 7.10. The van der Waals surface area contributed by atoms with Gasteiger partial charge in [0.1, 0.15) is 12.3 Å². The first kappa shape index (κ1) is 16.0. The number of aryl methyl sites for hydroxylation is 1. The maximum Gasteiger partial charge on any atom is 0.309 e. The van der Waals surface area contributed by atoms with Gasteiger partial charge in [-0.15, -0.1) is 10.2 Å². The summed E-state index contributed by atoms with van der Waals surface area (Å²) in [5.41, 5.74) is 0.597. The lowest BCUT2D eigenvalue weighted by molar-refractivity contribution is -0.145. The van der Waals surface area contributed by atoms with Crippen molar-refractivity contribution in [3.63, 3.8) is 0 Å². The number of methoxy groups -OCH3 is 1. The van der Waals surface area contributed by atoms with Crippen molar-refractivity contribution in [3.8, 4) is 5.75 Å². The van der Waals surface area contributed by atoms with E-state index in [1.807, 2.05) is 6.92 Å². The highest BCUT2D eigenvalue weighted by Crippen LogP contribution is 2.35. The molecule has 0 bridgehead atoms. The number of rotatable bonds is 5. The number of hydrogen-bond donors (Lipinski definition) is 0. The lowest BCUT2D eigenvalue weighted by Gasteiger charge is -2.33. The van der Waals surface area contributed by atoms with E-state index in [9.17, 15) is 9.59 Å². The van der Waals surface area contributed by atoms with Gasteiger partial charge in [-0.3, -0.25) is 14.5 Å². The fourth-order valence-corrected chi connectivity index (χ4v) is 2.43. The predicted octanol–water partition coefficient (Wildman–Crippen LogP) is 1.49. The van der Waals surface area contributed by atoms with Crippen LogP contribution in [-0.2, 0) is 27.3 Å². The number of ether oxygens (including phenoxy) is 2. The van der Waals surface area contributed by atoms with Crippen molar-refractivity contribution in [2.75, 3.05) is 12.0 Å². The topological polar surface area (TPSA) is 94.8 Å². The number of amides is 1. The molecule has 1 atom stereocenters. The standard InChI is InChI=1S/C16H17N3O5/c1-3-13-17-18-14(24-13)9-19-10-6-4-5-7-11(10)23-12(16(19)21)8-15(20)22-2/h4-7,12H,3,8-9H2,1-2H3/t12-/m1/s1. The second-order valence-electron chi connectivity index (χ2n) is 5.22. The van der Waals surface area contributed by atoms with Gasteiger partial charge in [-0.2, -0.15) is 0 Å². The average Bonchev–Trinajstić information content (AvgIpc) is 3.06. The lowest BCUT2D eigenvalue weighted by Crippen LogP contribution is -2.46. The van der Waals surface area contributed by atoms with E-state index in [-0.39, 0.29) is 18.9 Å². The molecule has 1 aliphatic heterocycles. The maximum atomic E-state index is 12.7. The van der Waals surface area contributed by atoms with E-state index in [1.54, 1.807) is 24.3 Å². The van der Waals surface area contributed by atoms with Gasteiger partial charge < -0.3 is 13.9 Å². The van der Waals surface area contributed by atoms with Crippen LogP contribution in [0.2, 0.25) is 0 Å². The molecule has 2 heterocycles. The van der Waals surface area contributed by atoms with Crippen LogP contribution in [0, 0.1) is 0 Å². The fraction of sp³-hybridized carbons (Fsp3) is 0.375. The smallest absolute Gasteiger partial charge is 0.309 e. The molecule has 24 heavy (non-hydrogen) atoms. The molecule has 0 spiro atoms. The number of hydrogen-bond acceptors (Lipinski definition) is 7. The molecule has 0 N–H and O–H groups in total. The van der Waals surface area contributed by atoms with E-state index in [2.05, 4.69) is 14.9 Å². The van der Waals surface area contributed by atoms with Gasteiger partial charge in [-0.1, -0.05) is 19.1 Å². The number of carbonyl (C=O) groups excluding carboxylic acids is 2. The molecule has 3 rings (SSSR count). The minimum absolute atomic E-state index is 0.115. The van der Waals surface area contributed by atoms with Crippen LogP contribution in [0.25, 0.3) is 0 Å². The molecule has 2 aromatic rings. The zero-order valence-corrected chi connectivity index (χ0v) is 13.4. The minimum atomic E-state index is -0.944. The molecule has 1 aromatic heterocycles. The summed E-state index contributed by atoms with van der Waals surface area (Å²) in [7, 11) is 1.27. The number of fused-ring (bicyclic) bond motifs is 1. The summed E-state index contributed by atoms with van der Waals surface area (Å²) < 4.78 is 15.8. The second kappa shape index (κ2) is 6.69. The highest BCUT2D eigenvalue weighted by Gasteiger charge is 2.36. The van der Waals surface area contributed by atoms with Crippen molar-refractivity contribution in [2.45, 2.75) is 32.4 Å². The third-order valence-electron chi connectivity index (χ3n) is 3.65. The van der Waals surface area contributed by atoms with E-state index in [0.29, 0.717) is 29.6 Å². The Hall–Kier alpha value is -2.90. The largest absolute Gasteiger partial charge is 0.478 e. The van der Waals surface area contributed by atoms with E-state index < -0.39 is 12.1 Å². The zero-order valence-electron chi connectivity index (χ0n) is 13.4. The average molecular weight is 331 g/mol. The first-order chi connectivity index (χ1) is 11.6. The fourth-order valence-electron chi connectivity index (χ4n) is 2.43. The Bertz CT molecular complexity index is 758. The molecule has 0 unspecified atom stereocenters. The van der Waals surface area contributed by atoms with Gasteiger partial charge in [-0.05, 0) is 12.1 Å². The summed E-state index contributed by atoms with van der Waals surface area (Å²) in [5.74, 6) is 0.481. The SMILES string of the molecule is CCc1nnc(CN2C(=O)[C@@H](CC(=O)OC)Oc3ccccc32)o1. The van der Waals surface area contributed by atoms with E-state index in [1.165, 1.54) is 12.0 Å². The van der Waals surface area contributed by atoms with Crippen molar-refractivity contribution < 1.29 is 23.5 Å². The van der Waals surface area contributed by atoms with E-state index >= 15 is 0 Å². The normalized spacial score (nSPS) is 16.5. The van der Waals surface area contributed by atoms with Gasteiger partial charge in [0.2, 0.25) is 11.8 Å². The van der Waals surface area contributed by atoms with Crippen LogP contribution in [0.3, 0.4) is 0 Å². The third-order valence-corrected chi connectivity index (χ3v) is 3.65. The van der Waals surface area contributed by atoms with Gasteiger partial charge in [0.05, 0.1) is 19.2 Å². The predicted molar refractivity (Wildman–Crippen MR) is 82.4 cm³/mol. The van der Waals surface area contributed by atoms with Crippen LogP contribution in [0.4, 0.5) is 5.69 Å². The maximum absolute atomic E-state index is 12.7. The summed E-state index contributed by atoms with van der Waals surface area (Å²) in [6.45, 7) is 2.02. The molecule has 0 saturated heterocycles. The Morgan fingerprint density at radius 3 is 2.75 bits per heavy atom. The van der Waals surface area contributed by atoms with Crippen LogP contribution < -0.4 is 9.64 Å². The van der Waals surface area contributed by atoms with Gasteiger partial charge >= 0.3 is 5.97 Å². The zero-order chi connectivity index (χ0) is 17.1. The van der Waals surface area contributed by atoms with Crippen LogP contribution in [0.5, 0.6) is 5.75 Å². The quantitative estimate of drug-likeness (QED) is 0.766. The third kappa shape index (κ3) is 3.08. The summed E-state index contributed by atoms with van der Waals surface area (Å²) in [6.07, 6.45) is -0.489. The first-order valence-corrected chi connectivity index (χ1v) is 7.57. The van der Waals surface area contributed by atoms with Gasteiger partial charge in [0.15, 0.2) is 6.10 Å². The van der Waals surface area contributed by atoms with Crippen molar-refractivity contribution in [1.82, 2.24) is 10.2 Å². The number of anilines is 1.